The van der Waals surface area contributed by atoms with Gasteiger partial charge < -0.3 is 29.1 Å². The maximum atomic E-state index is 11.8. The molecule has 0 saturated heterocycles. The number of carboxylic acid groups (broad SMARTS) is 1. The smallest absolute Gasteiger partial charge is 0.550 e. The molecular formula is C32H25O6Rh. The fourth-order valence-electron chi connectivity index (χ4n) is 2.98. The average molecular weight is 608 g/mol. The largest absolute Gasteiger partial charge is 3.00 e. The number of carboxylic acids is 1. The summed E-state index contributed by atoms with van der Waals surface area (Å²) >= 11 is 0. The second-order valence-electron chi connectivity index (χ2n) is 7.70. The van der Waals surface area contributed by atoms with Gasteiger partial charge in [0.1, 0.15) is 0 Å². The van der Waals surface area contributed by atoms with Crippen molar-refractivity contribution in [3.8, 4) is 0 Å². The predicted molar refractivity (Wildman–Crippen MR) is 142 cm³/mol. The first kappa shape index (κ1) is 32.4. The molecular weight excluding hydrogens is 583 g/mol. The van der Waals surface area contributed by atoms with Crippen molar-refractivity contribution in [2.75, 3.05) is 0 Å². The Labute approximate surface area is 240 Å². The van der Waals surface area contributed by atoms with Crippen molar-refractivity contribution in [2.45, 2.75) is 6.92 Å². The Bertz CT molecular complexity index is 1130. The minimum atomic E-state index is -1.08. The quantitative estimate of drug-likeness (QED) is 0.125. The van der Waals surface area contributed by atoms with Crippen LogP contribution in [0.3, 0.4) is 0 Å². The maximum absolute atomic E-state index is 11.8. The van der Waals surface area contributed by atoms with E-state index in [1.54, 1.807) is 97.1 Å². The third-order valence-corrected chi connectivity index (χ3v) is 4.76. The summed E-state index contributed by atoms with van der Waals surface area (Å²) in [6.07, 6.45) is 2.26. The molecule has 0 amide bonds. The second-order valence-corrected chi connectivity index (χ2v) is 7.70. The van der Waals surface area contributed by atoms with E-state index in [0.717, 1.165) is 19.8 Å². The molecule has 0 bridgehead atoms. The summed E-state index contributed by atoms with van der Waals surface area (Å²) in [5, 5.41) is 8.89. The first-order chi connectivity index (χ1) is 18.3. The monoisotopic (exact) mass is 608 g/mol. The molecule has 0 saturated carbocycles. The van der Waals surface area contributed by atoms with E-state index in [0.29, 0.717) is 22.3 Å². The number of aliphatic carboxylic acids is 1. The van der Waals surface area contributed by atoms with Crippen molar-refractivity contribution in [3.63, 3.8) is 0 Å². The van der Waals surface area contributed by atoms with Crippen LogP contribution in [-0.4, -0.2) is 29.1 Å². The zero-order valence-electron chi connectivity index (χ0n) is 21.0. The van der Waals surface area contributed by atoms with E-state index in [9.17, 15) is 19.2 Å². The molecule has 4 aromatic rings. The van der Waals surface area contributed by atoms with Gasteiger partial charge in [-0.05, 0) is 6.92 Å². The number of benzene rings is 4. The van der Waals surface area contributed by atoms with Crippen molar-refractivity contribution in [1.29, 1.82) is 0 Å². The van der Waals surface area contributed by atoms with E-state index in [1.165, 1.54) is 0 Å². The standard InChI is InChI=1S/2C15H11O2.C2H4O2.Rh/c2*16-14(12-7-3-1-4-8-12)11-15(17)13-9-5-2-6-10-13;1-2(3)4;/h2*1-11H;1H3,(H,3,4);/q2*-1;;+3/p-1. The van der Waals surface area contributed by atoms with Crippen molar-refractivity contribution < 1.29 is 48.6 Å². The van der Waals surface area contributed by atoms with Gasteiger partial charge in [-0.1, -0.05) is 108 Å². The Morgan fingerprint density at radius 2 is 0.590 bits per heavy atom. The summed E-state index contributed by atoms with van der Waals surface area (Å²) in [5.74, 6) is -2.14. The molecule has 0 aliphatic heterocycles. The Morgan fingerprint density at radius 1 is 0.436 bits per heavy atom. The maximum Gasteiger partial charge on any atom is 3.00 e. The van der Waals surface area contributed by atoms with E-state index >= 15 is 0 Å². The Kier molecular flexibility index (Phi) is 14.8. The molecule has 0 aliphatic carbocycles. The zero-order valence-corrected chi connectivity index (χ0v) is 22.6. The summed E-state index contributed by atoms with van der Waals surface area (Å²) in [5.41, 5.74) is 2.10. The zero-order chi connectivity index (χ0) is 27.8. The summed E-state index contributed by atoms with van der Waals surface area (Å²) in [7, 11) is 0. The SMILES string of the molecule is CC(=O)[O-].O=C([CH-]C(=O)c1ccccc1)c1ccccc1.O=C([CH-]C(=O)c1ccccc1)c1ccccc1.[Rh+3]. The average Bonchev–Trinajstić information content (AvgIpc) is 2.95. The summed E-state index contributed by atoms with van der Waals surface area (Å²) in [4.78, 5) is 55.9. The molecule has 198 valence electrons. The number of Topliss-reactive ketones (excluding diaryl/α,β-unsaturated/α-hetero) is 4. The number of carbonyl (C=O) groups excluding carboxylic acids is 5. The molecule has 0 N–H and O–H groups in total. The van der Waals surface area contributed by atoms with Crippen molar-refractivity contribution in [2.24, 2.45) is 0 Å². The number of ketones is 4. The van der Waals surface area contributed by atoms with Gasteiger partial charge in [-0.15, -0.1) is 48.5 Å². The number of hydrogen-bond donors (Lipinski definition) is 0. The van der Waals surface area contributed by atoms with E-state index in [4.69, 9.17) is 9.90 Å². The van der Waals surface area contributed by atoms with Crippen LogP contribution in [-0.2, 0) is 24.3 Å². The molecule has 4 rings (SSSR count). The van der Waals surface area contributed by atoms with Crippen LogP contribution >= 0.6 is 0 Å². The number of rotatable bonds is 8. The van der Waals surface area contributed by atoms with Crippen LogP contribution < -0.4 is 5.11 Å². The van der Waals surface area contributed by atoms with Gasteiger partial charge in [0.25, 0.3) is 0 Å². The summed E-state index contributed by atoms with van der Waals surface area (Å²) in [6, 6.07) is 35.0. The summed E-state index contributed by atoms with van der Waals surface area (Å²) < 4.78 is 0. The predicted octanol–water partition coefficient (Wildman–Crippen LogP) is 4.67. The molecule has 6 nitrogen and oxygen atoms in total. The van der Waals surface area contributed by atoms with E-state index in [-0.39, 0.29) is 42.6 Å². The topological polar surface area (TPSA) is 108 Å². The number of carbonyl (C=O) groups is 5. The van der Waals surface area contributed by atoms with Gasteiger partial charge >= 0.3 is 19.5 Å². The van der Waals surface area contributed by atoms with Crippen LogP contribution in [0.4, 0.5) is 0 Å². The van der Waals surface area contributed by atoms with E-state index < -0.39 is 5.97 Å². The normalized spacial score (nSPS) is 9.05. The molecule has 7 heteroatoms. The van der Waals surface area contributed by atoms with Crippen molar-refractivity contribution >= 4 is 29.1 Å². The van der Waals surface area contributed by atoms with Crippen LogP contribution in [0.2, 0.25) is 0 Å². The number of hydrogen-bond acceptors (Lipinski definition) is 6. The van der Waals surface area contributed by atoms with Gasteiger partial charge in [-0.2, -0.15) is 0 Å². The molecule has 39 heavy (non-hydrogen) atoms. The fraction of sp³-hybridized carbons (Fsp3) is 0.0312. The van der Waals surface area contributed by atoms with Gasteiger partial charge in [-0.3, -0.25) is 0 Å². The van der Waals surface area contributed by atoms with Gasteiger partial charge in [-0.25, -0.2) is 0 Å². The van der Waals surface area contributed by atoms with Gasteiger partial charge in [0.2, 0.25) is 0 Å². The molecule has 0 fully saturated rings. The van der Waals surface area contributed by atoms with Gasteiger partial charge in [0, 0.05) is 5.97 Å². The van der Waals surface area contributed by atoms with Crippen LogP contribution in [0.1, 0.15) is 48.4 Å². The summed E-state index contributed by atoms with van der Waals surface area (Å²) in [6.45, 7) is 0.972. The molecule has 0 unspecified atom stereocenters. The van der Waals surface area contributed by atoms with Gasteiger partial charge in [0.15, 0.2) is 0 Å². The Morgan fingerprint density at radius 3 is 0.744 bits per heavy atom. The first-order valence-electron chi connectivity index (χ1n) is 11.5. The van der Waals surface area contributed by atoms with Crippen LogP contribution in [0.15, 0.2) is 121 Å². The first-order valence-corrected chi connectivity index (χ1v) is 11.5. The van der Waals surface area contributed by atoms with Gasteiger partial charge in [0.05, 0.1) is 23.1 Å². The minimum absolute atomic E-state index is 0. The molecule has 0 atom stereocenters. The van der Waals surface area contributed by atoms with Crippen LogP contribution in [0.5, 0.6) is 0 Å². The van der Waals surface area contributed by atoms with Crippen molar-refractivity contribution in [1.82, 2.24) is 0 Å². The molecule has 0 radical (unpaired) electrons. The fourth-order valence-corrected chi connectivity index (χ4v) is 2.98. The molecule has 0 aromatic heterocycles. The molecule has 0 spiro atoms. The Hall–Kier alpha value is -4.61. The third kappa shape index (κ3) is 12.5. The van der Waals surface area contributed by atoms with E-state index in [1.807, 2.05) is 24.3 Å². The Balaban J connectivity index is 0.000000336. The van der Waals surface area contributed by atoms with E-state index in [2.05, 4.69) is 0 Å². The van der Waals surface area contributed by atoms with Crippen LogP contribution in [0, 0.1) is 12.8 Å². The molecule has 0 aliphatic rings. The molecule has 4 aromatic carbocycles. The third-order valence-electron chi connectivity index (χ3n) is 4.76. The minimum Gasteiger partial charge on any atom is -0.550 e. The van der Waals surface area contributed by atoms with Crippen LogP contribution in [0.25, 0.3) is 0 Å². The van der Waals surface area contributed by atoms with Crippen molar-refractivity contribution in [3.05, 3.63) is 156 Å². The second kappa shape index (κ2) is 17.8. The molecule has 0 heterocycles.